The summed E-state index contributed by atoms with van der Waals surface area (Å²) in [4.78, 5) is 21.7. The molecule has 0 saturated heterocycles. The maximum Gasteiger partial charge on any atom is 0.261 e. The van der Waals surface area contributed by atoms with Crippen molar-refractivity contribution in [1.82, 2.24) is 15.3 Å². The van der Waals surface area contributed by atoms with Gasteiger partial charge < -0.3 is 16.0 Å². The number of H-pyrrole nitrogens is 1. The molecular formula is C20H19FN4OS. The second-order valence-electron chi connectivity index (χ2n) is 6.37. The molecule has 1 aliphatic carbocycles. The number of fused-ring (bicyclic) bond motifs is 1. The van der Waals surface area contributed by atoms with Gasteiger partial charge in [0, 0.05) is 34.8 Å². The molecule has 4 N–H and O–H groups in total. The monoisotopic (exact) mass is 382 g/mol. The Morgan fingerprint density at radius 1 is 1.37 bits per heavy atom. The highest BCUT2D eigenvalue weighted by Gasteiger charge is 2.20. The van der Waals surface area contributed by atoms with Gasteiger partial charge in [0.1, 0.15) is 11.5 Å². The number of rotatable bonds is 5. The molecule has 0 aromatic carbocycles. The highest BCUT2D eigenvalue weighted by Crippen LogP contribution is 2.32. The lowest BCUT2D eigenvalue weighted by Crippen LogP contribution is -2.41. The number of nitrogens with zero attached hydrogens (tertiary/aromatic N) is 1. The molecule has 4 rings (SSSR count). The lowest BCUT2D eigenvalue weighted by Gasteiger charge is -2.21. The number of pyridine rings is 1. The van der Waals surface area contributed by atoms with Crippen LogP contribution in [0.5, 0.6) is 0 Å². The maximum atomic E-state index is 13.5. The number of aromatic nitrogens is 2. The average molecular weight is 382 g/mol. The number of carbonyl (C=O) groups is 1. The summed E-state index contributed by atoms with van der Waals surface area (Å²) in [5, 5.41) is 3.95. The Hall–Kier alpha value is -2.77. The highest BCUT2D eigenvalue weighted by atomic mass is 32.1. The smallest absolute Gasteiger partial charge is 0.261 e. The average Bonchev–Trinajstić information content (AvgIpc) is 3.35. The highest BCUT2D eigenvalue weighted by molar-refractivity contribution is 7.17. The Morgan fingerprint density at radius 2 is 2.26 bits per heavy atom. The van der Waals surface area contributed by atoms with Crippen LogP contribution in [0.3, 0.4) is 0 Å². The molecule has 0 aliphatic heterocycles. The normalized spacial score (nSPS) is 15.3. The predicted octanol–water partition coefficient (Wildman–Crippen LogP) is 3.92. The topological polar surface area (TPSA) is 83.8 Å². The fourth-order valence-electron chi connectivity index (χ4n) is 3.27. The first-order valence-corrected chi connectivity index (χ1v) is 9.56. The van der Waals surface area contributed by atoms with Crippen LogP contribution in [0.15, 0.2) is 60.2 Å². The van der Waals surface area contributed by atoms with Gasteiger partial charge in [0.05, 0.1) is 10.9 Å². The molecule has 1 atom stereocenters. The Morgan fingerprint density at radius 3 is 3.07 bits per heavy atom. The van der Waals surface area contributed by atoms with Crippen molar-refractivity contribution in [2.45, 2.75) is 18.9 Å². The van der Waals surface area contributed by atoms with Gasteiger partial charge in [-0.25, -0.2) is 9.37 Å². The van der Waals surface area contributed by atoms with Crippen molar-refractivity contribution in [3.8, 4) is 10.4 Å². The number of carbonyl (C=O) groups excluding carboxylic acids is 1. The van der Waals surface area contributed by atoms with Crippen molar-refractivity contribution in [2.24, 2.45) is 5.73 Å². The Kier molecular flexibility index (Phi) is 4.87. The minimum absolute atomic E-state index is 0.197. The van der Waals surface area contributed by atoms with E-state index in [4.69, 9.17) is 5.73 Å². The Labute approximate surface area is 159 Å². The van der Waals surface area contributed by atoms with Crippen LogP contribution >= 0.6 is 11.3 Å². The van der Waals surface area contributed by atoms with E-state index in [0.29, 0.717) is 17.7 Å². The van der Waals surface area contributed by atoms with Crippen LogP contribution < -0.4 is 11.1 Å². The second kappa shape index (κ2) is 7.46. The number of hydrogen-bond acceptors (Lipinski definition) is 4. The summed E-state index contributed by atoms with van der Waals surface area (Å²) in [5.41, 5.74) is 8.49. The molecule has 3 heterocycles. The van der Waals surface area contributed by atoms with E-state index in [-0.39, 0.29) is 24.3 Å². The molecule has 5 nitrogen and oxygen atoms in total. The van der Waals surface area contributed by atoms with Crippen LogP contribution in [0.1, 0.15) is 22.5 Å². The molecule has 3 aromatic heterocycles. The van der Waals surface area contributed by atoms with Crippen molar-refractivity contribution in [1.29, 1.82) is 0 Å². The van der Waals surface area contributed by atoms with Crippen molar-refractivity contribution in [3.05, 3.63) is 65.1 Å². The number of nitrogens with two attached hydrogens (primary N) is 1. The lowest BCUT2D eigenvalue weighted by molar-refractivity contribution is 0.0947. The zero-order chi connectivity index (χ0) is 18.8. The molecule has 27 heavy (non-hydrogen) atoms. The number of nitrogens with one attached hydrogen (secondary N) is 2. The number of halogens is 1. The van der Waals surface area contributed by atoms with Crippen LogP contribution in [0.4, 0.5) is 4.39 Å². The van der Waals surface area contributed by atoms with E-state index in [1.165, 1.54) is 17.4 Å². The summed E-state index contributed by atoms with van der Waals surface area (Å²) in [5.74, 6) is -0.465. The van der Waals surface area contributed by atoms with E-state index in [0.717, 1.165) is 27.0 Å². The van der Waals surface area contributed by atoms with Gasteiger partial charge in [0.2, 0.25) is 0 Å². The molecule has 7 heteroatoms. The summed E-state index contributed by atoms with van der Waals surface area (Å²) in [7, 11) is 0. The van der Waals surface area contributed by atoms with Gasteiger partial charge in [-0.2, -0.15) is 0 Å². The van der Waals surface area contributed by atoms with E-state index >= 15 is 0 Å². The SMILES string of the molecule is NCC(NC(=O)c1ccc(-c2ccnc3[nH]ccc23)s1)C1=CC(F)=CCC1. The summed E-state index contributed by atoms with van der Waals surface area (Å²) in [6.45, 7) is 0.234. The molecule has 1 aliphatic rings. The van der Waals surface area contributed by atoms with Gasteiger partial charge in [-0.05, 0) is 54.8 Å². The van der Waals surface area contributed by atoms with Crippen LogP contribution in [0.25, 0.3) is 21.5 Å². The van der Waals surface area contributed by atoms with E-state index < -0.39 is 0 Å². The third-order valence-electron chi connectivity index (χ3n) is 4.64. The van der Waals surface area contributed by atoms with E-state index in [2.05, 4.69) is 15.3 Å². The fraction of sp³-hybridized carbons (Fsp3) is 0.200. The van der Waals surface area contributed by atoms with Crippen LogP contribution in [-0.4, -0.2) is 28.5 Å². The minimum Gasteiger partial charge on any atom is -0.346 e. The molecule has 1 unspecified atom stereocenters. The predicted molar refractivity (Wildman–Crippen MR) is 106 cm³/mol. The number of thiophene rings is 1. The largest absolute Gasteiger partial charge is 0.346 e. The molecule has 0 fully saturated rings. The Bertz CT molecular complexity index is 1050. The first-order valence-electron chi connectivity index (χ1n) is 8.75. The summed E-state index contributed by atoms with van der Waals surface area (Å²) >= 11 is 1.41. The molecule has 3 aromatic rings. The maximum absolute atomic E-state index is 13.5. The zero-order valence-electron chi connectivity index (χ0n) is 14.5. The van der Waals surface area contributed by atoms with Crippen molar-refractivity contribution in [2.75, 3.05) is 6.54 Å². The van der Waals surface area contributed by atoms with Gasteiger partial charge in [0.25, 0.3) is 5.91 Å². The van der Waals surface area contributed by atoms with Crippen LogP contribution in [0, 0.1) is 0 Å². The quantitative estimate of drug-likeness (QED) is 0.625. The minimum atomic E-state index is -0.361. The van der Waals surface area contributed by atoms with Crippen LogP contribution in [-0.2, 0) is 0 Å². The molecule has 1 amide bonds. The number of hydrogen-bond donors (Lipinski definition) is 3. The van der Waals surface area contributed by atoms with Gasteiger partial charge in [-0.3, -0.25) is 4.79 Å². The van der Waals surface area contributed by atoms with Crippen LogP contribution in [0.2, 0.25) is 0 Å². The number of aromatic amines is 1. The fourth-order valence-corrected chi connectivity index (χ4v) is 4.22. The number of allylic oxidation sites excluding steroid dienone is 3. The molecule has 0 bridgehead atoms. The van der Waals surface area contributed by atoms with Crippen molar-refractivity contribution in [3.63, 3.8) is 0 Å². The van der Waals surface area contributed by atoms with Gasteiger partial charge in [-0.15, -0.1) is 11.3 Å². The molecule has 0 radical (unpaired) electrons. The molecule has 0 spiro atoms. The lowest BCUT2D eigenvalue weighted by atomic mass is 9.97. The van der Waals surface area contributed by atoms with Crippen molar-refractivity contribution < 1.29 is 9.18 Å². The van der Waals surface area contributed by atoms with Crippen molar-refractivity contribution >= 4 is 28.3 Å². The summed E-state index contributed by atoms with van der Waals surface area (Å²) in [6, 6.07) is 7.28. The molecule has 138 valence electrons. The van der Waals surface area contributed by atoms with Gasteiger partial charge in [0.15, 0.2) is 0 Å². The standard InChI is InChI=1S/C20H19FN4OS/c21-13-3-1-2-12(10-13)16(11-22)25-20(26)18-5-4-17(27-18)14-6-8-23-19-15(14)7-9-24-19/h3-10,16H,1-2,11,22H2,(H,23,24)(H,25,26). The Balaban J connectivity index is 1.55. The zero-order valence-corrected chi connectivity index (χ0v) is 15.4. The first-order chi connectivity index (χ1) is 13.2. The summed E-state index contributed by atoms with van der Waals surface area (Å²) in [6.07, 6.45) is 7.94. The van der Waals surface area contributed by atoms with E-state index in [9.17, 15) is 9.18 Å². The molecule has 0 saturated carbocycles. The van der Waals surface area contributed by atoms with E-state index in [1.807, 2.05) is 24.4 Å². The van der Waals surface area contributed by atoms with Gasteiger partial charge in [-0.1, -0.05) is 0 Å². The second-order valence-corrected chi connectivity index (χ2v) is 7.45. The van der Waals surface area contributed by atoms with Gasteiger partial charge >= 0.3 is 0 Å². The third kappa shape index (κ3) is 3.56. The first kappa shape index (κ1) is 17.6. The third-order valence-corrected chi connectivity index (χ3v) is 5.76. The van der Waals surface area contributed by atoms with E-state index in [1.54, 1.807) is 18.3 Å². The number of amides is 1. The molecular weight excluding hydrogens is 363 g/mol. The summed E-state index contributed by atoms with van der Waals surface area (Å²) < 4.78 is 13.5.